The van der Waals surface area contributed by atoms with Crippen molar-refractivity contribution in [3.63, 3.8) is 0 Å². The monoisotopic (exact) mass is 281 g/mol. The van der Waals surface area contributed by atoms with Gasteiger partial charge in [0, 0.05) is 13.2 Å². The molecule has 0 amide bonds. The van der Waals surface area contributed by atoms with Crippen molar-refractivity contribution in [1.82, 2.24) is 5.32 Å². The van der Waals surface area contributed by atoms with Gasteiger partial charge in [0.2, 0.25) is 0 Å². The van der Waals surface area contributed by atoms with Crippen molar-refractivity contribution in [2.24, 2.45) is 0 Å². The van der Waals surface area contributed by atoms with Crippen LogP contribution in [0.15, 0.2) is 18.2 Å². The molecule has 1 aromatic rings. The van der Waals surface area contributed by atoms with E-state index >= 15 is 0 Å². The van der Waals surface area contributed by atoms with Crippen LogP contribution < -0.4 is 14.8 Å². The van der Waals surface area contributed by atoms with Gasteiger partial charge in [-0.1, -0.05) is 13.0 Å². The number of hydrogen-bond acceptors (Lipinski definition) is 4. The summed E-state index contributed by atoms with van der Waals surface area (Å²) >= 11 is 0. The van der Waals surface area contributed by atoms with Crippen LogP contribution in [0, 0.1) is 0 Å². The molecular formula is C16H27NO3. The second kappa shape index (κ2) is 8.82. The van der Waals surface area contributed by atoms with Crippen molar-refractivity contribution in [3.05, 3.63) is 23.8 Å². The van der Waals surface area contributed by atoms with Gasteiger partial charge in [-0.05, 0) is 44.0 Å². The summed E-state index contributed by atoms with van der Waals surface area (Å²) in [5, 5.41) is 3.52. The average Bonchev–Trinajstić information content (AvgIpc) is 2.50. The Morgan fingerprint density at radius 2 is 1.75 bits per heavy atom. The minimum absolute atomic E-state index is 0.274. The zero-order valence-electron chi connectivity index (χ0n) is 13.2. The number of nitrogens with one attached hydrogen (secondary N) is 1. The van der Waals surface area contributed by atoms with Crippen LogP contribution in [0.3, 0.4) is 0 Å². The van der Waals surface area contributed by atoms with Crippen LogP contribution >= 0.6 is 0 Å². The number of benzene rings is 1. The zero-order chi connectivity index (χ0) is 15.0. The molecule has 0 radical (unpaired) electrons. The van der Waals surface area contributed by atoms with Gasteiger partial charge < -0.3 is 19.5 Å². The summed E-state index contributed by atoms with van der Waals surface area (Å²) in [6.07, 6.45) is 2.32. The van der Waals surface area contributed by atoms with Crippen LogP contribution in [0.1, 0.15) is 38.3 Å². The third kappa shape index (κ3) is 4.69. The van der Waals surface area contributed by atoms with E-state index in [2.05, 4.69) is 25.2 Å². The van der Waals surface area contributed by atoms with E-state index in [1.807, 2.05) is 12.1 Å². The lowest BCUT2D eigenvalue weighted by Crippen LogP contribution is -2.22. The first kappa shape index (κ1) is 16.8. The van der Waals surface area contributed by atoms with Crippen LogP contribution in [-0.4, -0.2) is 34.0 Å². The van der Waals surface area contributed by atoms with Crippen LogP contribution in [0.2, 0.25) is 0 Å². The quantitative estimate of drug-likeness (QED) is 0.754. The first-order valence-electron chi connectivity index (χ1n) is 7.14. The summed E-state index contributed by atoms with van der Waals surface area (Å²) in [5.41, 5.74) is 1.22. The van der Waals surface area contributed by atoms with Gasteiger partial charge in [-0.25, -0.2) is 0 Å². The van der Waals surface area contributed by atoms with E-state index in [0.717, 1.165) is 30.9 Å². The summed E-state index contributed by atoms with van der Waals surface area (Å²) in [5.74, 6) is 1.53. The van der Waals surface area contributed by atoms with Crippen molar-refractivity contribution in [3.8, 4) is 11.5 Å². The smallest absolute Gasteiger partial charge is 0.161 e. The van der Waals surface area contributed by atoms with Crippen molar-refractivity contribution < 1.29 is 14.2 Å². The zero-order valence-corrected chi connectivity index (χ0v) is 13.2. The minimum atomic E-state index is 0.274. The first-order chi connectivity index (χ1) is 9.65. The SMILES string of the molecule is CCNC(CCC(C)OC)c1ccc(OC)c(OC)c1. The summed E-state index contributed by atoms with van der Waals surface area (Å²) in [6, 6.07) is 6.39. The topological polar surface area (TPSA) is 39.7 Å². The number of ether oxygens (including phenoxy) is 3. The minimum Gasteiger partial charge on any atom is -0.493 e. The lowest BCUT2D eigenvalue weighted by molar-refractivity contribution is 0.106. The number of hydrogen-bond donors (Lipinski definition) is 1. The third-order valence-electron chi connectivity index (χ3n) is 3.52. The second-order valence-corrected chi connectivity index (χ2v) is 4.85. The Labute approximate surface area is 122 Å². The fourth-order valence-electron chi connectivity index (χ4n) is 2.22. The van der Waals surface area contributed by atoms with Crippen LogP contribution in [0.25, 0.3) is 0 Å². The van der Waals surface area contributed by atoms with Crippen molar-refractivity contribution in [2.75, 3.05) is 27.9 Å². The first-order valence-corrected chi connectivity index (χ1v) is 7.14. The molecule has 1 aromatic carbocycles. The number of methoxy groups -OCH3 is 3. The Bertz CT molecular complexity index is 395. The Kier molecular flexibility index (Phi) is 7.41. The molecule has 0 saturated carbocycles. The largest absolute Gasteiger partial charge is 0.493 e. The van der Waals surface area contributed by atoms with Crippen LogP contribution in [0.5, 0.6) is 11.5 Å². The van der Waals surface area contributed by atoms with E-state index in [0.29, 0.717) is 6.04 Å². The predicted molar refractivity (Wildman–Crippen MR) is 81.7 cm³/mol. The van der Waals surface area contributed by atoms with E-state index in [9.17, 15) is 0 Å². The highest BCUT2D eigenvalue weighted by Gasteiger charge is 2.14. The molecule has 0 spiro atoms. The molecule has 2 atom stereocenters. The molecule has 0 aliphatic carbocycles. The summed E-state index contributed by atoms with van der Waals surface area (Å²) < 4.78 is 16.0. The molecule has 20 heavy (non-hydrogen) atoms. The van der Waals surface area contributed by atoms with Crippen LogP contribution in [-0.2, 0) is 4.74 Å². The Morgan fingerprint density at radius 3 is 2.30 bits per heavy atom. The maximum atomic E-state index is 5.37. The molecule has 4 nitrogen and oxygen atoms in total. The normalized spacial score (nSPS) is 13.8. The molecule has 0 aromatic heterocycles. The van der Waals surface area contributed by atoms with Gasteiger partial charge in [-0.2, -0.15) is 0 Å². The van der Waals surface area contributed by atoms with Crippen molar-refractivity contribution >= 4 is 0 Å². The molecule has 0 aliphatic heterocycles. The second-order valence-electron chi connectivity index (χ2n) is 4.85. The van der Waals surface area contributed by atoms with Gasteiger partial charge in [-0.15, -0.1) is 0 Å². The van der Waals surface area contributed by atoms with E-state index in [-0.39, 0.29) is 6.10 Å². The van der Waals surface area contributed by atoms with E-state index in [1.165, 1.54) is 5.56 Å². The standard InChI is InChI=1S/C16H27NO3/c1-6-17-14(9-7-12(2)18-3)13-8-10-15(19-4)16(11-13)20-5/h8,10-12,14,17H,6-7,9H2,1-5H3. The fraction of sp³-hybridized carbons (Fsp3) is 0.625. The maximum absolute atomic E-state index is 5.37. The highest BCUT2D eigenvalue weighted by Crippen LogP contribution is 2.31. The lowest BCUT2D eigenvalue weighted by Gasteiger charge is -2.21. The van der Waals surface area contributed by atoms with Gasteiger partial charge in [0.05, 0.1) is 20.3 Å². The van der Waals surface area contributed by atoms with E-state index in [1.54, 1.807) is 21.3 Å². The molecule has 114 valence electrons. The average molecular weight is 281 g/mol. The molecule has 0 fully saturated rings. The van der Waals surface area contributed by atoms with Crippen molar-refractivity contribution in [2.45, 2.75) is 38.8 Å². The van der Waals surface area contributed by atoms with Gasteiger partial charge in [0.15, 0.2) is 11.5 Å². The molecule has 0 heterocycles. The molecule has 0 aliphatic rings. The summed E-state index contributed by atoms with van der Waals surface area (Å²) in [4.78, 5) is 0. The highest BCUT2D eigenvalue weighted by atomic mass is 16.5. The van der Waals surface area contributed by atoms with Crippen molar-refractivity contribution in [1.29, 1.82) is 0 Å². The highest BCUT2D eigenvalue weighted by molar-refractivity contribution is 5.43. The molecule has 2 unspecified atom stereocenters. The van der Waals surface area contributed by atoms with E-state index in [4.69, 9.17) is 14.2 Å². The summed E-state index contributed by atoms with van der Waals surface area (Å²) in [7, 11) is 5.07. The molecule has 4 heteroatoms. The molecule has 1 rings (SSSR count). The number of rotatable bonds is 9. The lowest BCUT2D eigenvalue weighted by atomic mass is 10.00. The van der Waals surface area contributed by atoms with Gasteiger partial charge in [-0.3, -0.25) is 0 Å². The van der Waals surface area contributed by atoms with Crippen LogP contribution in [0.4, 0.5) is 0 Å². The van der Waals surface area contributed by atoms with Gasteiger partial charge in [0.1, 0.15) is 0 Å². The molecule has 0 bridgehead atoms. The molecular weight excluding hydrogens is 254 g/mol. The van der Waals surface area contributed by atoms with Gasteiger partial charge >= 0.3 is 0 Å². The predicted octanol–water partition coefficient (Wildman–Crippen LogP) is 3.17. The van der Waals surface area contributed by atoms with Gasteiger partial charge in [0.25, 0.3) is 0 Å². The molecule has 0 saturated heterocycles. The fourth-order valence-corrected chi connectivity index (χ4v) is 2.22. The third-order valence-corrected chi connectivity index (χ3v) is 3.52. The molecule has 1 N–H and O–H groups in total. The Balaban J connectivity index is 2.85. The Hall–Kier alpha value is -1.26. The Morgan fingerprint density at radius 1 is 1.05 bits per heavy atom. The maximum Gasteiger partial charge on any atom is 0.161 e. The van der Waals surface area contributed by atoms with E-state index < -0.39 is 0 Å². The summed E-state index contributed by atoms with van der Waals surface area (Å²) in [6.45, 7) is 5.14.